The molecular weight excluding hydrogens is 336 g/mol. The molecule has 1 unspecified atom stereocenters. The molecule has 8 heteroatoms. The van der Waals surface area contributed by atoms with Crippen molar-refractivity contribution in [3.8, 4) is 5.69 Å². The lowest BCUT2D eigenvalue weighted by atomic mass is 10.1. The van der Waals surface area contributed by atoms with Crippen LogP contribution in [0.2, 0.25) is 0 Å². The Morgan fingerprint density at radius 2 is 2.15 bits per heavy atom. The molecule has 1 fully saturated rings. The third kappa shape index (κ3) is 3.30. The molecule has 1 aromatic carbocycles. The molecule has 0 radical (unpaired) electrons. The molecule has 1 atom stereocenters. The van der Waals surface area contributed by atoms with Gasteiger partial charge in [-0.05, 0) is 32.0 Å². The molecule has 0 bridgehead atoms. The fourth-order valence-corrected chi connectivity index (χ4v) is 3.09. The van der Waals surface area contributed by atoms with E-state index in [0.717, 1.165) is 0 Å². The number of anilines is 1. The van der Waals surface area contributed by atoms with E-state index in [2.05, 4.69) is 10.4 Å². The molecule has 2 aromatic rings. The van der Waals surface area contributed by atoms with E-state index >= 15 is 0 Å². The first-order chi connectivity index (χ1) is 12.4. The SMILES string of the molecule is CCN1CC(C(=O)Nc2cccc(-n3ncc(C(=O)O)c3C)c2)CC1=O. The summed E-state index contributed by atoms with van der Waals surface area (Å²) in [6.45, 7) is 4.59. The van der Waals surface area contributed by atoms with Gasteiger partial charge in [-0.25, -0.2) is 9.48 Å². The Hall–Kier alpha value is -3.16. The second-order valence-corrected chi connectivity index (χ2v) is 6.23. The normalized spacial score (nSPS) is 16.8. The van der Waals surface area contributed by atoms with Crippen LogP contribution in [0, 0.1) is 12.8 Å². The van der Waals surface area contributed by atoms with Crippen molar-refractivity contribution in [3.63, 3.8) is 0 Å². The van der Waals surface area contributed by atoms with E-state index in [9.17, 15) is 14.4 Å². The number of aromatic nitrogens is 2. The van der Waals surface area contributed by atoms with Gasteiger partial charge in [0.25, 0.3) is 0 Å². The molecule has 0 aliphatic carbocycles. The quantitative estimate of drug-likeness (QED) is 0.848. The smallest absolute Gasteiger partial charge is 0.339 e. The average Bonchev–Trinajstić information content (AvgIpc) is 3.17. The lowest BCUT2D eigenvalue weighted by molar-refractivity contribution is -0.128. The van der Waals surface area contributed by atoms with Crippen molar-refractivity contribution in [1.29, 1.82) is 0 Å². The molecule has 0 saturated carbocycles. The summed E-state index contributed by atoms with van der Waals surface area (Å²) in [6, 6.07) is 6.99. The molecule has 2 heterocycles. The highest BCUT2D eigenvalue weighted by molar-refractivity contribution is 5.97. The predicted octanol–water partition coefficient (Wildman–Crippen LogP) is 1.69. The summed E-state index contributed by atoms with van der Waals surface area (Å²) in [5.74, 6) is -1.61. The van der Waals surface area contributed by atoms with E-state index in [4.69, 9.17) is 5.11 Å². The van der Waals surface area contributed by atoms with Crippen LogP contribution < -0.4 is 5.32 Å². The molecule has 1 saturated heterocycles. The third-order valence-electron chi connectivity index (χ3n) is 4.57. The number of nitrogens with one attached hydrogen (secondary N) is 1. The lowest BCUT2D eigenvalue weighted by Crippen LogP contribution is -2.28. The Morgan fingerprint density at radius 3 is 2.77 bits per heavy atom. The van der Waals surface area contributed by atoms with E-state index < -0.39 is 5.97 Å². The van der Waals surface area contributed by atoms with Crippen molar-refractivity contribution in [1.82, 2.24) is 14.7 Å². The zero-order valence-electron chi connectivity index (χ0n) is 14.6. The van der Waals surface area contributed by atoms with E-state index in [1.165, 1.54) is 10.9 Å². The molecule has 1 aromatic heterocycles. The fraction of sp³-hybridized carbons (Fsp3) is 0.333. The summed E-state index contributed by atoms with van der Waals surface area (Å²) >= 11 is 0. The highest BCUT2D eigenvalue weighted by Crippen LogP contribution is 2.22. The van der Waals surface area contributed by atoms with E-state index in [0.29, 0.717) is 30.2 Å². The van der Waals surface area contributed by atoms with Gasteiger partial charge in [0.2, 0.25) is 11.8 Å². The number of amides is 2. The van der Waals surface area contributed by atoms with Crippen molar-refractivity contribution in [2.75, 3.05) is 18.4 Å². The molecule has 1 aliphatic rings. The minimum absolute atomic E-state index is 0.00485. The molecule has 0 spiro atoms. The summed E-state index contributed by atoms with van der Waals surface area (Å²) < 4.78 is 1.51. The predicted molar refractivity (Wildman–Crippen MR) is 94.3 cm³/mol. The van der Waals surface area contributed by atoms with Crippen LogP contribution in [-0.2, 0) is 9.59 Å². The maximum Gasteiger partial charge on any atom is 0.339 e. The van der Waals surface area contributed by atoms with Crippen molar-refractivity contribution in [2.45, 2.75) is 20.3 Å². The molecule has 2 N–H and O–H groups in total. The monoisotopic (exact) mass is 356 g/mol. The second-order valence-electron chi connectivity index (χ2n) is 6.23. The third-order valence-corrected chi connectivity index (χ3v) is 4.57. The molecule has 3 rings (SSSR count). The number of hydrogen-bond acceptors (Lipinski definition) is 4. The van der Waals surface area contributed by atoms with Crippen LogP contribution in [-0.4, -0.2) is 50.7 Å². The topological polar surface area (TPSA) is 105 Å². The Morgan fingerprint density at radius 1 is 1.38 bits per heavy atom. The van der Waals surface area contributed by atoms with Crippen molar-refractivity contribution in [3.05, 3.63) is 41.7 Å². The number of hydrogen-bond donors (Lipinski definition) is 2. The van der Waals surface area contributed by atoms with Gasteiger partial charge in [0.05, 0.1) is 23.5 Å². The standard InChI is InChI=1S/C18H20N4O4/c1-3-21-10-12(7-16(21)23)17(24)20-13-5-4-6-14(8-13)22-11(2)15(9-19-22)18(25)26/h4-6,8-9,12H,3,7,10H2,1-2H3,(H,20,24)(H,25,26). The number of benzene rings is 1. The van der Waals surface area contributed by atoms with Crippen LogP contribution in [0.3, 0.4) is 0 Å². The number of likely N-dealkylation sites (tertiary alicyclic amines) is 1. The number of aromatic carboxylic acids is 1. The van der Waals surface area contributed by atoms with Gasteiger partial charge in [-0.2, -0.15) is 5.10 Å². The Kier molecular flexibility index (Phi) is 4.75. The zero-order valence-corrected chi connectivity index (χ0v) is 14.6. The molecule has 8 nitrogen and oxygen atoms in total. The molecule has 26 heavy (non-hydrogen) atoms. The lowest BCUT2D eigenvalue weighted by Gasteiger charge is -2.14. The van der Waals surface area contributed by atoms with Gasteiger partial charge in [0.1, 0.15) is 5.56 Å². The first-order valence-corrected chi connectivity index (χ1v) is 8.37. The first-order valence-electron chi connectivity index (χ1n) is 8.37. The Labute approximate surface area is 150 Å². The van der Waals surface area contributed by atoms with Gasteiger partial charge in [-0.15, -0.1) is 0 Å². The number of carbonyl (C=O) groups excluding carboxylic acids is 2. The maximum atomic E-state index is 12.4. The summed E-state index contributed by atoms with van der Waals surface area (Å²) in [4.78, 5) is 37.1. The van der Waals surface area contributed by atoms with Gasteiger partial charge in [0, 0.05) is 25.2 Å². The Bertz CT molecular complexity index is 874. The molecular formula is C18H20N4O4. The summed E-state index contributed by atoms with van der Waals surface area (Å²) in [5, 5.41) is 16.1. The largest absolute Gasteiger partial charge is 0.478 e. The van der Waals surface area contributed by atoms with Crippen LogP contribution in [0.4, 0.5) is 5.69 Å². The van der Waals surface area contributed by atoms with Crippen LogP contribution in [0.5, 0.6) is 0 Å². The van der Waals surface area contributed by atoms with E-state index in [-0.39, 0.29) is 29.7 Å². The first kappa shape index (κ1) is 17.7. The second kappa shape index (κ2) is 6.99. The number of carboxylic acids is 1. The van der Waals surface area contributed by atoms with Crippen molar-refractivity contribution >= 4 is 23.5 Å². The number of carboxylic acid groups (broad SMARTS) is 1. The zero-order chi connectivity index (χ0) is 18.8. The Balaban J connectivity index is 1.77. The van der Waals surface area contributed by atoms with Crippen molar-refractivity contribution < 1.29 is 19.5 Å². The van der Waals surface area contributed by atoms with Crippen LogP contribution in [0.1, 0.15) is 29.4 Å². The maximum absolute atomic E-state index is 12.4. The summed E-state index contributed by atoms with van der Waals surface area (Å²) in [6.07, 6.45) is 1.52. The fourth-order valence-electron chi connectivity index (χ4n) is 3.09. The van der Waals surface area contributed by atoms with Gasteiger partial charge in [-0.1, -0.05) is 6.07 Å². The van der Waals surface area contributed by atoms with Crippen LogP contribution >= 0.6 is 0 Å². The van der Waals surface area contributed by atoms with E-state index in [1.807, 2.05) is 6.92 Å². The van der Waals surface area contributed by atoms with Crippen LogP contribution in [0.25, 0.3) is 5.69 Å². The van der Waals surface area contributed by atoms with Crippen LogP contribution in [0.15, 0.2) is 30.5 Å². The highest BCUT2D eigenvalue weighted by Gasteiger charge is 2.33. The van der Waals surface area contributed by atoms with Crippen molar-refractivity contribution in [2.24, 2.45) is 5.92 Å². The van der Waals surface area contributed by atoms with Gasteiger partial charge in [-0.3, -0.25) is 9.59 Å². The van der Waals surface area contributed by atoms with Gasteiger partial charge < -0.3 is 15.3 Å². The minimum Gasteiger partial charge on any atom is -0.478 e. The summed E-state index contributed by atoms with van der Waals surface area (Å²) in [5.41, 5.74) is 1.84. The molecule has 1 aliphatic heterocycles. The minimum atomic E-state index is -1.04. The van der Waals surface area contributed by atoms with Gasteiger partial charge >= 0.3 is 5.97 Å². The van der Waals surface area contributed by atoms with Gasteiger partial charge in [0.15, 0.2) is 0 Å². The highest BCUT2D eigenvalue weighted by atomic mass is 16.4. The summed E-state index contributed by atoms with van der Waals surface area (Å²) in [7, 11) is 0. The number of carbonyl (C=O) groups is 3. The van der Waals surface area contributed by atoms with E-state index in [1.54, 1.807) is 36.1 Å². The number of nitrogens with zero attached hydrogens (tertiary/aromatic N) is 3. The molecule has 2 amide bonds. The number of rotatable bonds is 5. The average molecular weight is 356 g/mol. The molecule has 136 valence electrons.